The second-order valence-corrected chi connectivity index (χ2v) is 4.58. The molecule has 3 nitrogen and oxygen atoms in total. The van der Waals surface area contributed by atoms with Crippen molar-refractivity contribution >= 4 is 0 Å². The van der Waals surface area contributed by atoms with Gasteiger partial charge in [0.1, 0.15) is 18.2 Å². The molecule has 2 N–H and O–H groups in total. The molecule has 0 saturated carbocycles. The summed E-state index contributed by atoms with van der Waals surface area (Å²) in [5.74, 6) is 5.71. The molecule has 0 amide bonds. The van der Waals surface area contributed by atoms with Crippen LogP contribution in [0, 0.1) is 17.7 Å². The average Bonchev–Trinajstić information content (AvgIpc) is 2.89. The van der Waals surface area contributed by atoms with Crippen molar-refractivity contribution in [1.82, 2.24) is 4.90 Å². The monoisotopic (exact) mass is 262 g/mol. The van der Waals surface area contributed by atoms with Gasteiger partial charge < -0.3 is 10.5 Å². The van der Waals surface area contributed by atoms with E-state index in [2.05, 4.69) is 16.7 Å². The molecule has 0 bridgehead atoms. The Hall–Kier alpha value is -1.57. The third kappa shape index (κ3) is 4.55. The standard InChI is InChI=1S/C15H19FN2O/c16-14-10-13(4-3-5-17)11-15(12-14)19-9-8-18-6-1-2-7-18/h10-12H,1-2,5-9,17H2. The Morgan fingerprint density at radius 3 is 2.79 bits per heavy atom. The summed E-state index contributed by atoms with van der Waals surface area (Å²) in [5, 5.41) is 0. The van der Waals surface area contributed by atoms with Crippen LogP contribution in [-0.2, 0) is 0 Å². The number of rotatable bonds is 4. The number of likely N-dealkylation sites (tertiary alicyclic amines) is 1. The average molecular weight is 262 g/mol. The fourth-order valence-corrected chi connectivity index (χ4v) is 2.17. The van der Waals surface area contributed by atoms with Crippen molar-refractivity contribution in [3.63, 3.8) is 0 Å². The minimum Gasteiger partial charge on any atom is -0.492 e. The molecular weight excluding hydrogens is 243 g/mol. The van der Waals surface area contributed by atoms with Gasteiger partial charge in [-0.15, -0.1) is 0 Å². The Bertz CT molecular complexity index is 473. The van der Waals surface area contributed by atoms with Crippen LogP contribution in [0.2, 0.25) is 0 Å². The van der Waals surface area contributed by atoms with E-state index in [4.69, 9.17) is 10.5 Å². The first kappa shape index (κ1) is 13.9. The summed E-state index contributed by atoms with van der Waals surface area (Å²) in [4.78, 5) is 2.36. The normalized spacial score (nSPS) is 15.1. The lowest BCUT2D eigenvalue weighted by molar-refractivity contribution is 0.237. The molecule has 0 spiro atoms. The molecule has 102 valence electrons. The van der Waals surface area contributed by atoms with Crippen LogP contribution >= 0.6 is 0 Å². The smallest absolute Gasteiger partial charge is 0.128 e. The molecule has 0 atom stereocenters. The van der Waals surface area contributed by atoms with E-state index in [1.807, 2.05) is 0 Å². The summed E-state index contributed by atoms with van der Waals surface area (Å²) in [7, 11) is 0. The van der Waals surface area contributed by atoms with Crippen LogP contribution in [0.5, 0.6) is 5.75 Å². The Labute approximate surface area is 113 Å². The van der Waals surface area contributed by atoms with Gasteiger partial charge in [-0.3, -0.25) is 4.90 Å². The zero-order valence-corrected chi connectivity index (χ0v) is 11.0. The van der Waals surface area contributed by atoms with Crippen molar-refractivity contribution in [2.45, 2.75) is 12.8 Å². The highest BCUT2D eigenvalue weighted by molar-refractivity contribution is 5.40. The van der Waals surface area contributed by atoms with Crippen LogP contribution in [0.3, 0.4) is 0 Å². The molecule has 1 heterocycles. The Morgan fingerprint density at radius 1 is 1.26 bits per heavy atom. The fourth-order valence-electron chi connectivity index (χ4n) is 2.17. The van der Waals surface area contributed by atoms with E-state index in [1.165, 1.54) is 25.0 Å². The SMILES string of the molecule is NCC#Cc1cc(F)cc(OCCN2CCCC2)c1. The Kier molecular flexibility index (Phi) is 5.20. The largest absolute Gasteiger partial charge is 0.492 e. The van der Waals surface area contributed by atoms with Crippen molar-refractivity contribution in [2.24, 2.45) is 5.73 Å². The number of benzene rings is 1. The molecule has 1 aliphatic heterocycles. The highest BCUT2D eigenvalue weighted by Crippen LogP contribution is 2.16. The number of nitrogens with zero attached hydrogens (tertiary/aromatic N) is 1. The summed E-state index contributed by atoms with van der Waals surface area (Å²) in [6, 6.07) is 4.52. The molecular formula is C15H19FN2O. The van der Waals surface area contributed by atoms with Gasteiger partial charge in [0.05, 0.1) is 6.54 Å². The van der Waals surface area contributed by atoms with Gasteiger partial charge in [-0.2, -0.15) is 0 Å². The first-order valence-electron chi connectivity index (χ1n) is 6.62. The lowest BCUT2D eigenvalue weighted by atomic mass is 10.2. The molecule has 1 aromatic rings. The number of halogens is 1. The van der Waals surface area contributed by atoms with Gasteiger partial charge in [0.15, 0.2) is 0 Å². The first-order chi connectivity index (χ1) is 9.28. The van der Waals surface area contributed by atoms with Gasteiger partial charge in [-0.25, -0.2) is 4.39 Å². The van der Waals surface area contributed by atoms with Crippen LogP contribution in [0.15, 0.2) is 18.2 Å². The molecule has 1 saturated heterocycles. The zero-order valence-electron chi connectivity index (χ0n) is 11.0. The third-order valence-corrected chi connectivity index (χ3v) is 3.08. The molecule has 2 rings (SSSR count). The summed E-state index contributed by atoms with van der Waals surface area (Å²) in [6.07, 6.45) is 2.53. The summed E-state index contributed by atoms with van der Waals surface area (Å²) >= 11 is 0. The summed E-state index contributed by atoms with van der Waals surface area (Å²) < 4.78 is 19.0. The van der Waals surface area contributed by atoms with E-state index >= 15 is 0 Å². The molecule has 1 aliphatic rings. The Balaban J connectivity index is 1.89. The number of hydrogen-bond acceptors (Lipinski definition) is 3. The van der Waals surface area contributed by atoms with E-state index in [1.54, 1.807) is 6.07 Å². The lowest BCUT2D eigenvalue weighted by Gasteiger charge is -2.15. The summed E-state index contributed by atoms with van der Waals surface area (Å²) in [6.45, 7) is 4.01. The van der Waals surface area contributed by atoms with Crippen molar-refractivity contribution in [3.8, 4) is 17.6 Å². The van der Waals surface area contributed by atoms with Crippen molar-refractivity contribution < 1.29 is 9.13 Å². The maximum atomic E-state index is 13.4. The second kappa shape index (κ2) is 7.13. The zero-order chi connectivity index (χ0) is 13.5. The highest BCUT2D eigenvalue weighted by Gasteiger charge is 2.10. The third-order valence-electron chi connectivity index (χ3n) is 3.08. The molecule has 0 aromatic heterocycles. The van der Waals surface area contributed by atoms with Crippen molar-refractivity contribution in [1.29, 1.82) is 0 Å². The van der Waals surface area contributed by atoms with Crippen LogP contribution in [0.1, 0.15) is 18.4 Å². The van der Waals surface area contributed by atoms with Gasteiger partial charge in [0.25, 0.3) is 0 Å². The maximum absolute atomic E-state index is 13.4. The maximum Gasteiger partial charge on any atom is 0.128 e. The lowest BCUT2D eigenvalue weighted by Crippen LogP contribution is -2.25. The van der Waals surface area contributed by atoms with Crippen LogP contribution in [0.25, 0.3) is 0 Å². The van der Waals surface area contributed by atoms with E-state index in [-0.39, 0.29) is 12.4 Å². The second-order valence-electron chi connectivity index (χ2n) is 4.58. The van der Waals surface area contributed by atoms with Crippen LogP contribution in [0.4, 0.5) is 4.39 Å². The van der Waals surface area contributed by atoms with Gasteiger partial charge in [-0.1, -0.05) is 11.8 Å². The molecule has 1 fully saturated rings. The number of nitrogens with two attached hydrogens (primary N) is 1. The van der Waals surface area contributed by atoms with Gasteiger partial charge >= 0.3 is 0 Å². The van der Waals surface area contributed by atoms with Gasteiger partial charge in [0.2, 0.25) is 0 Å². The van der Waals surface area contributed by atoms with Gasteiger partial charge in [-0.05, 0) is 38.1 Å². The van der Waals surface area contributed by atoms with Crippen LogP contribution in [-0.4, -0.2) is 37.7 Å². The van der Waals surface area contributed by atoms with Crippen molar-refractivity contribution in [2.75, 3.05) is 32.8 Å². The molecule has 0 radical (unpaired) electrons. The summed E-state index contributed by atoms with van der Waals surface area (Å²) in [5.41, 5.74) is 5.90. The quantitative estimate of drug-likeness (QED) is 0.838. The first-order valence-corrected chi connectivity index (χ1v) is 6.62. The fraction of sp³-hybridized carbons (Fsp3) is 0.467. The molecule has 0 aliphatic carbocycles. The van der Waals surface area contributed by atoms with Crippen molar-refractivity contribution in [3.05, 3.63) is 29.6 Å². The topological polar surface area (TPSA) is 38.5 Å². The van der Waals surface area contributed by atoms with E-state index in [9.17, 15) is 4.39 Å². The molecule has 4 heteroatoms. The minimum atomic E-state index is -0.333. The predicted molar refractivity (Wildman–Crippen MR) is 73.5 cm³/mol. The van der Waals surface area contributed by atoms with Gasteiger partial charge in [0, 0.05) is 18.2 Å². The van der Waals surface area contributed by atoms with E-state index in [0.717, 1.165) is 19.6 Å². The highest BCUT2D eigenvalue weighted by atomic mass is 19.1. The van der Waals surface area contributed by atoms with Crippen LogP contribution < -0.4 is 10.5 Å². The molecule has 0 unspecified atom stereocenters. The minimum absolute atomic E-state index is 0.266. The van der Waals surface area contributed by atoms with E-state index < -0.39 is 0 Å². The van der Waals surface area contributed by atoms with E-state index in [0.29, 0.717) is 17.9 Å². The number of ether oxygens (including phenoxy) is 1. The Morgan fingerprint density at radius 2 is 2.05 bits per heavy atom. The predicted octanol–water partition coefficient (Wildman–Crippen LogP) is 1.61. The number of hydrogen-bond donors (Lipinski definition) is 1. The molecule has 19 heavy (non-hydrogen) atoms. The molecule has 1 aromatic carbocycles.